The molecule has 5 heteroatoms. The molecule has 0 bridgehead atoms. The summed E-state index contributed by atoms with van der Waals surface area (Å²) in [5.41, 5.74) is 5.49. The SMILES string of the molecule is CC(OC1(CN)CCOCC1)C(=O)N1CCCCC1. The number of hydrogen-bond acceptors (Lipinski definition) is 4. The lowest BCUT2D eigenvalue weighted by atomic mass is 9.94. The van der Waals surface area contributed by atoms with Crippen molar-refractivity contribution in [3.63, 3.8) is 0 Å². The summed E-state index contributed by atoms with van der Waals surface area (Å²) < 4.78 is 11.4. The zero-order chi connectivity index (χ0) is 13.7. The first-order chi connectivity index (χ1) is 9.17. The van der Waals surface area contributed by atoms with Crippen LogP contribution >= 0.6 is 0 Å². The monoisotopic (exact) mass is 270 g/mol. The first kappa shape index (κ1) is 14.8. The molecule has 0 aliphatic carbocycles. The molecule has 2 heterocycles. The second kappa shape index (κ2) is 6.68. The Morgan fingerprint density at radius 2 is 1.95 bits per heavy atom. The standard InChI is InChI=1S/C14H26N2O3/c1-12(13(17)16-7-3-2-4-8-16)19-14(11-15)5-9-18-10-6-14/h12H,2-11,15H2,1H3. The number of likely N-dealkylation sites (tertiary alicyclic amines) is 1. The molecule has 2 fully saturated rings. The van der Waals surface area contributed by atoms with E-state index in [9.17, 15) is 4.79 Å². The van der Waals surface area contributed by atoms with Crippen molar-refractivity contribution in [2.75, 3.05) is 32.8 Å². The van der Waals surface area contributed by atoms with E-state index in [4.69, 9.17) is 15.2 Å². The molecule has 110 valence electrons. The zero-order valence-corrected chi connectivity index (χ0v) is 11.9. The van der Waals surface area contributed by atoms with E-state index in [1.165, 1.54) is 6.42 Å². The van der Waals surface area contributed by atoms with Crippen LogP contribution in [0, 0.1) is 0 Å². The Hall–Kier alpha value is -0.650. The lowest BCUT2D eigenvalue weighted by Crippen LogP contribution is -2.51. The average molecular weight is 270 g/mol. The molecule has 1 unspecified atom stereocenters. The summed E-state index contributed by atoms with van der Waals surface area (Å²) in [4.78, 5) is 14.3. The predicted molar refractivity (Wildman–Crippen MR) is 72.8 cm³/mol. The van der Waals surface area contributed by atoms with Gasteiger partial charge >= 0.3 is 0 Å². The van der Waals surface area contributed by atoms with E-state index in [0.717, 1.165) is 38.8 Å². The van der Waals surface area contributed by atoms with Crippen LogP contribution in [0.25, 0.3) is 0 Å². The Morgan fingerprint density at radius 3 is 2.53 bits per heavy atom. The summed E-state index contributed by atoms with van der Waals surface area (Å²) in [5.74, 6) is 0.110. The summed E-state index contributed by atoms with van der Waals surface area (Å²) in [5, 5.41) is 0. The minimum absolute atomic E-state index is 0.110. The molecule has 0 aromatic rings. The number of amides is 1. The van der Waals surface area contributed by atoms with E-state index in [1.807, 2.05) is 11.8 Å². The maximum absolute atomic E-state index is 12.4. The van der Waals surface area contributed by atoms with Crippen molar-refractivity contribution in [2.24, 2.45) is 5.73 Å². The summed E-state index contributed by atoms with van der Waals surface area (Å²) in [6, 6.07) is 0. The molecule has 2 aliphatic rings. The van der Waals surface area contributed by atoms with E-state index in [0.29, 0.717) is 19.8 Å². The van der Waals surface area contributed by atoms with Crippen molar-refractivity contribution in [3.05, 3.63) is 0 Å². The highest BCUT2D eigenvalue weighted by atomic mass is 16.5. The number of carbonyl (C=O) groups excluding carboxylic acids is 1. The van der Waals surface area contributed by atoms with Gasteiger partial charge in [-0.1, -0.05) is 0 Å². The maximum Gasteiger partial charge on any atom is 0.251 e. The van der Waals surface area contributed by atoms with Crippen LogP contribution in [0.15, 0.2) is 0 Å². The fourth-order valence-corrected chi connectivity index (χ4v) is 2.91. The lowest BCUT2D eigenvalue weighted by Gasteiger charge is -2.39. The first-order valence-corrected chi connectivity index (χ1v) is 7.41. The van der Waals surface area contributed by atoms with Gasteiger partial charge in [-0.25, -0.2) is 0 Å². The van der Waals surface area contributed by atoms with Gasteiger partial charge < -0.3 is 20.1 Å². The minimum Gasteiger partial charge on any atom is -0.381 e. The van der Waals surface area contributed by atoms with Gasteiger partial charge in [-0.05, 0) is 26.2 Å². The lowest BCUT2D eigenvalue weighted by molar-refractivity contribution is -0.167. The van der Waals surface area contributed by atoms with Gasteiger partial charge in [-0.15, -0.1) is 0 Å². The molecule has 0 aromatic carbocycles. The van der Waals surface area contributed by atoms with Crippen LogP contribution in [0.5, 0.6) is 0 Å². The van der Waals surface area contributed by atoms with Gasteiger partial charge in [-0.3, -0.25) is 4.79 Å². The number of rotatable bonds is 4. The van der Waals surface area contributed by atoms with E-state index < -0.39 is 6.10 Å². The molecule has 19 heavy (non-hydrogen) atoms. The second-order valence-corrected chi connectivity index (χ2v) is 5.65. The number of piperidine rings is 1. The van der Waals surface area contributed by atoms with Crippen LogP contribution in [0.2, 0.25) is 0 Å². The number of carbonyl (C=O) groups is 1. The molecule has 1 amide bonds. The first-order valence-electron chi connectivity index (χ1n) is 7.41. The summed E-state index contributed by atoms with van der Waals surface area (Å²) in [6.07, 6.45) is 4.59. The highest BCUT2D eigenvalue weighted by Crippen LogP contribution is 2.26. The molecule has 2 saturated heterocycles. The van der Waals surface area contributed by atoms with Crippen molar-refractivity contribution in [2.45, 2.75) is 50.7 Å². The summed E-state index contributed by atoms with van der Waals surface area (Å²) in [7, 11) is 0. The number of ether oxygens (including phenoxy) is 2. The fourth-order valence-electron chi connectivity index (χ4n) is 2.91. The molecule has 0 radical (unpaired) electrons. The quantitative estimate of drug-likeness (QED) is 0.825. The molecule has 2 rings (SSSR count). The third kappa shape index (κ3) is 3.68. The van der Waals surface area contributed by atoms with Crippen molar-refractivity contribution >= 4 is 5.91 Å². The van der Waals surface area contributed by atoms with Crippen molar-refractivity contribution in [1.82, 2.24) is 4.90 Å². The number of nitrogens with two attached hydrogens (primary N) is 1. The molecule has 1 atom stereocenters. The number of hydrogen-bond donors (Lipinski definition) is 1. The largest absolute Gasteiger partial charge is 0.381 e. The van der Waals surface area contributed by atoms with Crippen molar-refractivity contribution in [1.29, 1.82) is 0 Å². The Kier molecular flexibility index (Phi) is 5.19. The van der Waals surface area contributed by atoms with Crippen LogP contribution in [0.3, 0.4) is 0 Å². The van der Waals surface area contributed by atoms with Gasteiger partial charge in [0.25, 0.3) is 5.91 Å². The highest BCUT2D eigenvalue weighted by molar-refractivity contribution is 5.80. The smallest absolute Gasteiger partial charge is 0.251 e. The average Bonchev–Trinajstić information content (AvgIpc) is 2.48. The summed E-state index contributed by atoms with van der Waals surface area (Å²) in [6.45, 7) is 5.37. The van der Waals surface area contributed by atoms with E-state index >= 15 is 0 Å². The second-order valence-electron chi connectivity index (χ2n) is 5.65. The Morgan fingerprint density at radius 1 is 1.32 bits per heavy atom. The third-order valence-electron chi connectivity index (χ3n) is 4.22. The van der Waals surface area contributed by atoms with Crippen LogP contribution < -0.4 is 5.73 Å². The Bertz CT molecular complexity index is 297. The van der Waals surface area contributed by atoms with E-state index in [2.05, 4.69) is 0 Å². The molecular weight excluding hydrogens is 244 g/mol. The zero-order valence-electron chi connectivity index (χ0n) is 11.9. The molecular formula is C14H26N2O3. The van der Waals surface area contributed by atoms with Gasteiger partial charge in [0.15, 0.2) is 0 Å². The fraction of sp³-hybridized carbons (Fsp3) is 0.929. The van der Waals surface area contributed by atoms with Crippen LogP contribution in [0.4, 0.5) is 0 Å². The minimum atomic E-state index is -0.403. The highest BCUT2D eigenvalue weighted by Gasteiger charge is 2.36. The normalized spacial score (nSPS) is 25.1. The van der Waals surface area contributed by atoms with Gasteiger partial charge in [0.05, 0.1) is 5.60 Å². The molecule has 0 spiro atoms. The van der Waals surface area contributed by atoms with E-state index in [1.54, 1.807) is 0 Å². The van der Waals surface area contributed by atoms with Gasteiger partial charge in [-0.2, -0.15) is 0 Å². The van der Waals surface area contributed by atoms with Crippen LogP contribution in [-0.4, -0.2) is 55.4 Å². The van der Waals surface area contributed by atoms with Crippen LogP contribution in [-0.2, 0) is 14.3 Å². The number of nitrogens with zero attached hydrogens (tertiary/aromatic N) is 1. The Labute approximate surface area is 115 Å². The molecule has 2 N–H and O–H groups in total. The van der Waals surface area contributed by atoms with Gasteiger partial charge in [0, 0.05) is 45.7 Å². The third-order valence-corrected chi connectivity index (χ3v) is 4.22. The van der Waals surface area contributed by atoms with Crippen LogP contribution in [0.1, 0.15) is 39.0 Å². The molecule has 0 saturated carbocycles. The van der Waals surface area contributed by atoms with Gasteiger partial charge in [0.1, 0.15) is 6.10 Å². The van der Waals surface area contributed by atoms with Crippen molar-refractivity contribution < 1.29 is 14.3 Å². The maximum atomic E-state index is 12.4. The van der Waals surface area contributed by atoms with Gasteiger partial charge in [0.2, 0.25) is 0 Å². The molecule has 0 aromatic heterocycles. The Balaban J connectivity index is 1.90. The molecule has 5 nitrogen and oxygen atoms in total. The van der Waals surface area contributed by atoms with Crippen molar-refractivity contribution in [3.8, 4) is 0 Å². The topological polar surface area (TPSA) is 64.8 Å². The predicted octanol–water partition coefficient (Wildman–Crippen LogP) is 0.912. The summed E-state index contributed by atoms with van der Waals surface area (Å²) >= 11 is 0. The molecule has 2 aliphatic heterocycles. The van der Waals surface area contributed by atoms with E-state index in [-0.39, 0.29) is 11.5 Å².